The number of hydrogen-bond acceptors (Lipinski definition) is 6. The average molecular weight is 397 g/mol. The number of hydrogen-bond donors (Lipinski definition) is 1. The molecule has 1 aliphatic rings. The molecule has 0 aliphatic carbocycles. The minimum absolute atomic E-state index is 0.121. The number of rotatable bonds is 3. The van der Waals surface area contributed by atoms with E-state index in [1.165, 1.54) is 15.9 Å². The standard InChI is InChI=1S/C17H18F3N5OS/c1-9-21-17-25(22-9)16(26)15(27-17)14(24-5-3-23(2)4-6-24)10-7-11(18)13(20)12(19)8-10/h7-8,14,26H,3-6H2,1-2H3/t14-/m1/s1. The van der Waals surface area contributed by atoms with E-state index in [0.29, 0.717) is 28.8 Å². The lowest BCUT2D eigenvalue weighted by Gasteiger charge is -2.37. The minimum atomic E-state index is -1.50. The lowest BCUT2D eigenvalue weighted by atomic mass is 10.0. The first-order valence-electron chi connectivity index (χ1n) is 8.47. The molecule has 3 aromatic rings. The zero-order valence-corrected chi connectivity index (χ0v) is 15.6. The molecule has 1 saturated heterocycles. The van der Waals surface area contributed by atoms with Crippen molar-refractivity contribution in [2.75, 3.05) is 33.2 Å². The number of halogens is 3. The van der Waals surface area contributed by atoms with Gasteiger partial charge in [0.1, 0.15) is 5.82 Å². The number of likely N-dealkylation sites (N-methyl/N-ethyl adjacent to an activating group) is 1. The van der Waals surface area contributed by atoms with Gasteiger partial charge in [0.05, 0.1) is 10.9 Å². The number of nitrogens with zero attached hydrogens (tertiary/aromatic N) is 5. The van der Waals surface area contributed by atoms with Crippen LogP contribution >= 0.6 is 11.3 Å². The lowest BCUT2D eigenvalue weighted by molar-refractivity contribution is 0.127. The molecule has 27 heavy (non-hydrogen) atoms. The Morgan fingerprint density at radius 2 is 1.74 bits per heavy atom. The van der Waals surface area contributed by atoms with E-state index in [-0.39, 0.29) is 11.4 Å². The zero-order valence-electron chi connectivity index (χ0n) is 14.8. The maximum atomic E-state index is 13.9. The molecule has 1 atom stereocenters. The first-order valence-corrected chi connectivity index (χ1v) is 9.29. The normalized spacial score (nSPS) is 17.7. The van der Waals surface area contributed by atoms with Crippen LogP contribution in [0.4, 0.5) is 13.2 Å². The maximum Gasteiger partial charge on any atom is 0.230 e. The Kier molecular flexibility index (Phi) is 4.57. The molecule has 4 rings (SSSR count). The van der Waals surface area contributed by atoms with Crippen LogP contribution in [-0.2, 0) is 0 Å². The Balaban J connectivity index is 1.85. The van der Waals surface area contributed by atoms with E-state index in [1.54, 1.807) is 6.92 Å². The summed E-state index contributed by atoms with van der Waals surface area (Å²) in [6.07, 6.45) is 0. The molecule has 0 amide bonds. The number of piperazine rings is 1. The second-order valence-electron chi connectivity index (χ2n) is 6.68. The third-order valence-electron chi connectivity index (χ3n) is 4.78. The van der Waals surface area contributed by atoms with E-state index >= 15 is 0 Å². The molecule has 2 aromatic heterocycles. The zero-order chi connectivity index (χ0) is 19.3. The quantitative estimate of drug-likeness (QED) is 0.689. The molecule has 10 heteroatoms. The van der Waals surface area contributed by atoms with Gasteiger partial charge in [-0.05, 0) is 31.7 Å². The summed E-state index contributed by atoms with van der Waals surface area (Å²) in [5.74, 6) is -3.61. The molecule has 1 fully saturated rings. The second kappa shape index (κ2) is 6.77. The van der Waals surface area contributed by atoms with Gasteiger partial charge >= 0.3 is 0 Å². The largest absolute Gasteiger partial charge is 0.492 e. The van der Waals surface area contributed by atoms with Crippen LogP contribution in [0.1, 0.15) is 22.3 Å². The molecule has 3 heterocycles. The summed E-state index contributed by atoms with van der Waals surface area (Å²) >= 11 is 1.20. The number of aromatic nitrogens is 3. The Labute approximate surface area is 157 Å². The highest BCUT2D eigenvalue weighted by Crippen LogP contribution is 2.40. The highest BCUT2D eigenvalue weighted by Gasteiger charge is 2.32. The fourth-order valence-electron chi connectivity index (χ4n) is 3.37. The van der Waals surface area contributed by atoms with Crippen LogP contribution < -0.4 is 0 Å². The highest BCUT2D eigenvalue weighted by atomic mass is 32.1. The summed E-state index contributed by atoms with van der Waals surface area (Å²) in [5.41, 5.74) is 0.243. The molecule has 1 aliphatic heterocycles. The smallest absolute Gasteiger partial charge is 0.230 e. The van der Waals surface area contributed by atoms with Gasteiger partial charge in [-0.2, -0.15) is 4.52 Å². The molecule has 144 valence electrons. The average Bonchev–Trinajstić information content (AvgIpc) is 3.12. The number of thiazole rings is 1. The van der Waals surface area contributed by atoms with Crippen molar-refractivity contribution in [1.29, 1.82) is 0 Å². The second-order valence-corrected chi connectivity index (χ2v) is 7.69. The fraction of sp³-hybridized carbons (Fsp3) is 0.412. The minimum Gasteiger partial charge on any atom is -0.492 e. The van der Waals surface area contributed by atoms with Gasteiger partial charge in [0.2, 0.25) is 10.8 Å². The number of aromatic hydroxyl groups is 1. The summed E-state index contributed by atoms with van der Waals surface area (Å²) in [5, 5.41) is 14.8. The molecule has 0 bridgehead atoms. The van der Waals surface area contributed by atoms with Crippen molar-refractivity contribution in [2.24, 2.45) is 0 Å². The van der Waals surface area contributed by atoms with E-state index in [9.17, 15) is 18.3 Å². The van der Waals surface area contributed by atoms with E-state index < -0.39 is 23.5 Å². The maximum absolute atomic E-state index is 13.9. The topological polar surface area (TPSA) is 56.9 Å². The van der Waals surface area contributed by atoms with E-state index in [4.69, 9.17) is 0 Å². The Morgan fingerprint density at radius 1 is 1.11 bits per heavy atom. The molecule has 0 spiro atoms. The van der Waals surface area contributed by atoms with Gasteiger partial charge in [-0.25, -0.2) is 18.2 Å². The summed E-state index contributed by atoms with van der Waals surface area (Å²) in [6.45, 7) is 4.51. The predicted octanol–water partition coefficient (Wildman–Crippen LogP) is 2.56. The fourth-order valence-corrected chi connectivity index (χ4v) is 4.53. The summed E-state index contributed by atoms with van der Waals surface area (Å²) in [4.78, 5) is 9.37. The Hall–Kier alpha value is -2.17. The molecule has 1 aromatic carbocycles. The molecule has 0 saturated carbocycles. The van der Waals surface area contributed by atoms with Crippen LogP contribution in [0.15, 0.2) is 12.1 Å². The number of benzene rings is 1. The van der Waals surface area contributed by atoms with Crippen molar-refractivity contribution in [2.45, 2.75) is 13.0 Å². The van der Waals surface area contributed by atoms with Crippen molar-refractivity contribution in [3.63, 3.8) is 0 Å². The van der Waals surface area contributed by atoms with Crippen LogP contribution in [0.25, 0.3) is 4.96 Å². The first kappa shape index (κ1) is 18.2. The van der Waals surface area contributed by atoms with Crippen molar-refractivity contribution in [3.05, 3.63) is 45.8 Å². The van der Waals surface area contributed by atoms with Crippen molar-refractivity contribution < 1.29 is 18.3 Å². The molecule has 1 N–H and O–H groups in total. The highest BCUT2D eigenvalue weighted by molar-refractivity contribution is 7.17. The third kappa shape index (κ3) is 3.17. The Bertz CT molecular complexity index is 973. The van der Waals surface area contributed by atoms with Gasteiger partial charge in [0, 0.05) is 26.2 Å². The first-order chi connectivity index (χ1) is 12.8. The lowest BCUT2D eigenvalue weighted by Crippen LogP contribution is -2.46. The molecule has 6 nitrogen and oxygen atoms in total. The molecular weight excluding hydrogens is 379 g/mol. The third-order valence-corrected chi connectivity index (χ3v) is 5.85. The van der Waals surface area contributed by atoms with Crippen LogP contribution in [0.3, 0.4) is 0 Å². The van der Waals surface area contributed by atoms with Crippen molar-refractivity contribution >= 4 is 16.3 Å². The molecular formula is C17H18F3N5OS. The van der Waals surface area contributed by atoms with E-state index in [0.717, 1.165) is 25.2 Å². The van der Waals surface area contributed by atoms with Crippen LogP contribution in [0.5, 0.6) is 5.88 Å². The SMILES string of the molecule is Cc1nc2sc([C@@H](c3cc(F)c(F)c(F)c3)N3CCN(C)CC3)c(O)n2n1. The van der Waals surface area contributed by atoms with Gasteiger partial charge in [-0.15, -0.1) is 5.10 Å². The van der Waals surface area contributed by atoms with E-state index in [2.05, 4.69) is 15.0 Å². The van der Waals surface area contributed by atoms with Gasteiger partial charge < -0.3 is 10.0 Å². The molecule has 0 unspecified atom stereocenters. The van der Waals surface area contributed by atoms with E-state index in [1.807, 2.05) is 11.9 Å². The van der Waals surface area contributed by atoms with Crippen molar-refractivity contribution in [3.8, 4) is 5.88 Å². The van der Waals surface area contributed by atoms with Crippen molar-refractivity contribution in [1.82, 2.24) is 24.4 Å². The van der Waals surface area contributed by atoms with Crippen LogP contribution in [0.2, 0.25) is 0 Å². The number of fused-ring (bicyclic) bond motifs is 1. The Morgan fingerprint density at radius 3 is 2.33 bits per heavy atom. The van der Waals surface area contributed by atoms with Crippen LogP contribution in [0, 0.1) is 24.4 Å². The monoisotopic (exact) mass is 397 g/mol. The number of aryl methyl sites for hydroxylation is 1. The van der Waals surface area contributed by atoms with Crippen LogP contribution in [-0.4, -0.2) is 62.7 Å². The summed E-state index contributed by atoms with van der Waals surface area (Å²) < 4.78 is 42.6. The van der Waals surface area contributed by atoms with Gasteiger partial charge in [-0.1, -0.05) is 11.3 Å². The van der Waals surface area contributed by atoms with Gasteiger partial charge in [0.15, 0.2) is 17.5 Å². The van der Waals surface area contributed by atoms with Gasteiger partial charge in [-0.3, -0.25) is 4.90 Å². The van der Waals surface area contributed by atoms with Gasteiger partial charge in [0.25, 0.3) is 0 Å². The predicted molar refractivity (Wildman–Crippen MR) is 94.5 cm³/mol. The molecule has 0 radical (unpaired) electrons. The summed E-state index contributed by atoms with van der Waals surface area (Å²) in [6, 6.07) is 1.35. The summed E-state index contributed by atoms with van der Waals surface area (Å²) in [7, 11) is 1.99.